The van der Waals surface area contributed by atoms with E-state index in [9.17, 15) is 0 Å². The molecule has 0 radical (unpaired) electrons. The second-order valence-electron chi connectivity index (χ2n) is 4.43. The Morgan fingerprint density at radius 2 is 2.12 bits per heavy atom. The lowest BCUT2D eigenvalue weighted by atomic mass is 10.0. The summed E-state index contributed by atoms with van der Waals surface area (Å²) >= 11 is 1.69. The van der Waals surface area contributed by atoms with E-state index in [0.717, 1.165) is 17.9 Å². The predicted molar refractivity (Wildman–Crippen MR) is 76.6 cm³/mol. The molecule has 0 aliphatic carbocycles. The molecule has 0 saturated heterocycles. The molecule has 2 rings (SSSR count). The van der Waals surface area contributed by atoms with Crippen LogP contribution in [0.2, 0.25) is 0 Å². The first-order valence-corrected chi connectivity index (χ1v) is 6.70. The van der Waals surface area contributed by atoms with Gasteiger partial charge in [-0.25, -0.2) is 0 Å². The molecule has 2 aromatic rings. The third-order valence-electron chi connectivity index (χ3n) is 2.79. The van der Waals surface area contributed by atoms with E-state index >= 15 is 0 Å². The van der Waals surface area contributed by atoms with Crippen molar-refractivity contribution < 1.29 is 0 Å². The third kappa shape index (κ3) is 3.01. The maximum absolute atomic E-state index is 5.85. The summed E-state index contributed by atoms with van der Waals surface area (Å²) < 4.78 is 0. The van der Waals surface area contributed by atoms with Gasteiger partial charge in [0.1, 0.15) is 0 Å². The Hall–Kier alpha value is -1.48. The summed E-state index contributed by atoms with van der Waals surface area (Å²) in [5, 5.41) is 5.44. The molecular formula is C14H18N2S. The summed E-state index contributed by atoms with van der Waals surface area (Å²) in [6, 6.07) is 10.5. The Balaban J connectivity index is 2.04. The second kappa shape index (κ2) is 5.23. The van der Waals surface area contributed by atoms with Gasteiger partial charge in [0.15, 0.2) is 0 Å². The number of nitrogens with two attached hydrogens (primary N) is 1. The van der Waals surface area contributed by atoms with Crippen LogP contribution >= 0.6 is 11.3 Å². The van der Waals surface area contributed by atoms with Crippen LogP contribution in [0.5, 0.6) is 0 Å². The molecule has 0 fully saturated rings. The van der Waals surface area contributed by atoms with Crippen molar-refractivity contribution in [1.82, 2.24) is 0 Å². The van der Waals surface area contributed by atoms with Crippen LogP contribution in [0.4, 0.5) is 11.4 Å². The number of nitrogen functional groups attached to an aromatic ring is 1. The number of nitrogens with one attached hydrogen (secondary N) is 1. The molecule has 0 saturated carbocycles. The number of hydrogen-bond donors (Lipinski definition) is 2. The van der Waals surface area contributed by atoms with Gasteiger partial charge in [-0.2, -0.15) is 0 Å². The molecule has 0 atom stereocenters. The van der Waals surface area contributed by atoms with Crippen molar-refractivity contribution in [2.75, 3.05) is 11.1 Å². The smallest absolute Gasteiger partial charge is 0.0514 e. The molecule has 3 N–H and O–H groups in total. The predicted octanol–water partition coefficient (Wildman–Crippen LogP) is 4.07. The van der Waals surface area contributed by atoms with Crippen molar-refractivity contribution in [1.29, 1.82) is 0 Å². The highest BCUT2D eigenvalue weighted by atomic mass is 32.1. The number of thiophene rings is 1. The molecule has 0 spiro atoms. The molecule has 2 nitrogen and oxygen atoms in total. The SMILES string of the molecule is CC(C)c1cccc(NCc2sccc2N)c1. The standard InChI is InChI=1S/C14H18N2S/c1-10(2)11-4-3-5-12(8-11)16-9-14-13(15)6-7-17-14/h3-8,10,16H,9,15H2,1-2H3. The van der Waals surface area contributed by atoms with E-state index in [0.29, 0.717) is 5.92 Å². The molecule has 90 valence electrons. The van der Waals surface area contributed by atoms with E-state index in [1.807, 2.05) is 11.4 Å². The summed E-state index contributed by atoms with van der Waals surface area (Å²) in [6.45, 7) is 5.21. The van der Waals surface area contributed by atoms with Crippen LogP contribution in [0.1, 0.15) is 30.2 Å². The van der Waals surface area contributed by atoms with Gasteiger partial charge in [-0.05, 0) is 35.1 Å². The lowest BCUT2D eigenvalue weighted by Gasteiger charge is -2.10. The van der Waals surface area contributed by atoms with Crippen LogP contribution in [0.25, 0.3) is 0 Å². The minimum Gasteiger partial charge on any atom is -0.398 e. The molecule has 1 aromatic carbocycles. The van der Waals surface area contributed by atoms with Gasteiger partial charge in [0.2, 0.25) is 0 Å². The minimum atomic E-state index is 0.559. The fraction of sp³-hybridized carbons (Fsp3) is 0.286. The second-order valence-corrected chi connectivity index (χ2v) is 5.43. The highest BCUT2D eigenvalue weighted by molar-refractivity contribution is 7.10. The summed E-state index contributed by atoms with van der Waals surface area (Å²) in [4.78, 5) is 1.19. The van der Waals surface area contributed by atoms with Gasteiger partial charge in [0.25, 0.3) is 0 Å². The average Bonchev–Trinajstić information content (AvgIpc) is 2.72. The molecule has 1 heterocycles. The summed E-state index contributed by atoms with van der Waals surface area (Å²) in [5.74, 6) is 0.559. The summed E-state index contributed by atoms with van der Waals surface area (Å²) in [6.07, 6.45) is 0. The fourth-order valence-electron chi connectivity index (χ4n) is 1.68. The van der Waals surface area contributed by atoms with E-state index in [-0.39, 0.29) is 0 Å². The van der Waals surface area contributed by atoms with Crippen molar-refractivity contribution in [2.24, 2.45) is 0 Å². The van der Waals surface area contributed by atoms with E-state index in [2.05, 4.69) is 43.4 Å². The van der Waals surface area contributed by atoms with Gasteiger partial charge in [-0.1, -0.05) is 26.0 Å². The highest BCUT2D eigenvalue weighted by Crippen LogP contribution is 2.22. The zero-order valence-electron chi connectivity index (χ0n) is 10.2. The Morgan fingerprint density at radius 3 is 2.76 bits per heavy atom. The van der Waals surface area contributed by atoms with Gasteiger partial charge in [0, 0.05) is 16.3 Å². The number of benzene rings is 1. The van der Waals surface area contributed by atoms with E-state index in [1.54, 1.807) is 11.3 Å². The largest absolute Gasteiger partial charge is 0.398 e. The molecule has 0 amide bonds. The first-order chi connectivity index (χ1) is 8.16. The molecule has 3 heteroatoms. The maximum atomic E-state index is 5.85. The van der Waals surface area contributed by atoms with Crippen LogP contribution in [0, 0.1) is 0 Å². The van der Waals surface area contributed by atoms with Crippen LogP contribution < -0.4 is 11.1 Å². The molecule has 1 aromatic heterocycles. The van der Waals surface area contributed by atoms with Gasteiger partial charge >= 0.3 is 0 Å². The van der Waals surface area contributed by atoms with Gasteiger partial charge in [-0.3, -0.25) is 0 Å². The monoisotopic (exact) mass is 246 g/mol. The maximum Gasteiger partial charge on any atom is 0.0514 e. The van der Waals surface area contributed by atoms with Crippen LogP contribution in [-0.4, -0.2) is 0 Å². The molecule has 17 heavy (non-hydrogen) atoms. The Labute approximate surface area is 106 Å². The van der Waals surface area contributed by atoms with Crippen LogP contribution in [-0.2, 0) is 6.54 Å². The van der Waals surface area contributed by atoms with Gasteiger partial charge in [0.05, 0.1) is 6.54 Å². The third-order valence-corrected chi connectivity index (χ3v) is 3.72. The van der Waals surface area contributed by atoms with Crippen molar-refractivity contribution in [3.63, 3.8) is 0 Å². The van der Waals surface area contributed by atoms with E-state index in [1.165, 1.54) is 10.4 Å². The quantitative estimate of drug-likeness (QED) is 0.853. The van der Waals surface area contributed by atoms with Gasteiger partial charge in [-0.15, -0.1) is 11.3 Å². The fourth-order valence-corrected chi connectivity index (χ4v) is 2.42. The first-order valence-electron chi connectivity index (χ1n) is 5.82. The average molecular weight is 246 g/mol. The van der Waals surface area contributed by atoms with Crippen molar-refractivity contribution in [3.05, 3.63) is 46.2 Å². The van der Waals surface area contributed by atoms with Gasteiger partial charge < -0.3 is 11.1 Å². The lowest BCUT2D eigenvalue weighted by Crippen LogP contribution is -2.00. The van der Waals surface area contributed by atoms with Crippen LogP contribution in [0.3, 0.4) is 0 Å². The number of anilines is 2. The minimum absolute atomic E-state index is 0.559. The number of hydrogen-bond acceptors (Lipinski definition) is 3. The first kappa shape index (κ1) is 12.0. The normalized spacial score (nSPS) is 10.8. The molecule has 0 aliphatic heterocycles. The topological polar surface area (TPSA) is 38.0 Å². The summed E-state index contributed by atoms with van der Waals surface area (Å²) in [5.41, 5.74) is 9.24. The van der Waals surface area contributed by atoms with E-state index < -0.39 is 0 Å². The van der Waals surface area contributed by atoms with Crippen LogP contribution in [0.15, 0.2) is 35.7 Å². The molecule has 0 bridgehead atoms. The Kier molecular flexibility index (Phi) is 3.69. The molecule has 0 unspecified atom stereocenters. The highest BCUT2D eigenvalue weighted by Gasteiger charge is 2.02. The van der Waals surface area contributed by atoms with E-state index in [4.69, 9.17) is 5.73 Å². The molecule has 0 aliphatic rings. The lowest BCUT2D eigenvalue weighted by molar-refractivity contribution is 0.866. The Morgan fingerprint density at radius 1 is 1.29 bits per heavy atom. The number of rotatable bonds is 4. The van der Waals surface area contributed by atoms with Crippen molar-refractivity contribution in [2.45, 2.75) is 26.3 Å². The van der Waals surface area contributed by atoms with Crippen molar-refractivity contribution >= 4 is 22.7 Å². The van der Waals surface area contributed by atoms with Crippen molar-refractivity contribution in [3.8, 4) is 0 Å². The zero-order valence-corrected chi connectivity index (χ0v) is 11.1. The molecular weight excluding hydrogens is 228 g/mol. The Bertz CT molecular complexity index is 488. The summed E-state index contributed by atoms with van der Waals surface area (Å²) in [7, 11) is 0. The zero-order chi connectivity index (χ0) is 12.3.